The van der Waals surface area contributed by atoms with E-state index in [0.29, 0.717) is 12.1 Å². The van der Waals surface area contributed by atoms with Gasteiger partial charge in [0.2, 0.25) is 0 Å². The second kappa shape index (κ2) is 6.29. The molecule has 3 aliphatic heterocycles. The van der Waals surface area contributed by atoms with Crippen LogP contribution in [-0.4, -0.2) is 48.5 Å². The molecule has 0 radical (unpaired) electrons. The highest BCUT2D eigenvalue weighted by Crippen LogP contribution is 2.36. The van der Waals surface area contributed by atoms with Crippen LogP contribution in [0.4, 0.5) is 0 Å². The van der Waals surface area contributed by atoms with Gasteiger partial charge in [0.05, 0.1) is 23.9 Å². The molecule has 3 aliphatic rings. The number of likely N-dealkylation sites (tertiary alicyclic amines) is 1. The third-order valence-electron chi connectivity index (χ3n) is 5.90. The van der Waals surface area contributed by atoms with Crippen molar-refractivity contribution in [1.82, 2.24) is 4.90 Å². The molecule has 0 N–H and O–H groups in total. The van der Waals surface area contributed by atoms with Gasteiger partial charge in [-0.05, 0) is 45.1 Å². The largest absolute Gasteiger partial charge is 0.494 e. The molecule has 0 spiro atoms. The van der Waals surface area contributed by atoms with E-state index in [0.717, 1.165) is 25.2 Å². The average Bonchev–Trinajstić information content (AvgIpc) is 3.14. The summed E-state index contributed by atoms with van der Waals surface area (Å²) in [5.41, 5.74) is 1.87. The molecule has 0 amide bonds. The number of fused-ring (bicyclic) bond motifs is 2. The van der Waals surface area contributed by atoms with Crippen molar-refractivity contribution in [2.75, 3.05) is 13.2 Å². The summed E-state index contributed by atoms with van der Waals surface area (Å²) in [6, 6.07) is 9.30. The maximum atomic E-state index is 6.11. The van der Waals surface area contributed by atoms with Crippen LogP contribution in [0.15, 0.2) is 24.3 Å². The second-order valence-corrected chi connectivity index (χ2v) is 8.10. The van der Waals surface area contributed by atoms with Crippen LogP contribution in [0.5, 0.6) is 0 Å². The minimum atomic E-state index is -0.287. The van der Waals surface area contributed by atoms with E-state index in [1.54, 1.807) is 0 Å². The number of hydrogen-bond donors (Lipinski definition) is 0. The molecule has 6 heteroatoms. The van der Waals surface area contributed by atoms with Gasteiger partial charge in [-0.25, -0.2) is 0 Å². The van der Waals surface area contributed by atoms with E-state index in [9.17, 15) is 0 Å². The lowest BCUT2D eigenvalue weighted by Crippen LogP contribution is -2.41. The van der Waals surface area contributed by atoms with Gasteiger partial charge in [-0.15, -0.1) is 12.4 Å². The first kappa shape index (κ1) is 18.2. The molecule has 2 bridgehead atoms. The standard InChI is InChI=1S/C18H26BNO3.ClH/c1-17(2)18(3,4)23-19(22-17)14-7-5-13(6-8-14)10-20-11-16-9-15(20)12-21-16;/h5-8,15-16H,9-12H2,1-4H3;1H. The van der Waals surface area contributed by atoms with E-state index in [1.165, 1.54) is 12.0 Å². The number of halogens is 1. The van der Waals surface area contributed by atoms with Crippen molar-refractivity contribution in [3.63, 3.8) is 0 Å². The molecule has 2 atom stereocenters. The van der Waals surface area contributed by atoms with Crippen molar-refractivity contribution < 1.29 is 14.0 Å². The maximum absolute atomic E-state index is 6.11. The number of nitrogens with zero attached hydrogens (tertiary/aromatic N) is 1. The molecule has 2 unspecified atom stereocenters. The lowest BCUT2D eigenvalue weighted by molar-refractivity contribution is 0.00578. The summed E-state index contributed by atoms with van der Waals surface area (Å²) in [5, 5.41) is 0. The van der Waals surface area contributed by atoms with Gasteiger partial charge >= 0.3 is 7.12 Å². The van der Waals surface area contributed by atoms with Crippen LogP contribution in [0.25, 0.3) is 0 Å². The zero-order valence-electron chi connectivity index (χ0n) is 15.0. The van der Waals surface area contributed by atoms with E-state index in [2.05, 4.69) is 56.9 Å². The Morgan fingerprint density at radius 3 is 2.21 bits per heavy atom. The fraction of sp³-hybridized carbons (Fsp3) is 0.667. The van der Waals surface area contributed by atoms with Crippen molar-refractivity contribution in [1.29, 1.82) is 0 Å². The predicted octanol–water partition coefficient (Wildman–Crippen LogP) is 2.38. The van der Waals surface area contributed by atoms with E-state index < -0.39 is 0 Å². The zero-order chi connectivity index (χ0) is 16.2. The summed E-state index contributed by atoms with van der Waals surface area (Å²) in [7, 11) is -0.273. The van der Waals surface area contributed by atoms with Gasteiger partial charge in [-0.1, -0.05) is 24.3 Å². The quantitative estimate of drug-likeness (QED) is 0.782. The monoisotopic (exact) mass is 351 g/mol. The summed E-state index contributed by atoms with van der Waals surface area (Å²) in [6.07, 6.45) is 1.66. The molecule has 132 valence electrons. The Balaban J connectivity index is 0.00000169. The number of rotatable bonds is 3. The molecule has 3 heterocycles. The molecule has 4 nitrogen and oxygen atoms in total. The first-order valence-corrected chi connectivity index (χ1v) is 8.64. The fourth-order valence-corrected chi connectivity index (χ4v) is 3.67. The van der Waals surface area contributed by atoms with Crippen molar-refractivity contribution in [2.45, 2.75) is 64.0 Å². The number of benzene rings is 1. The highest BCUT2D eigenvalue weighted by atomic mass is 35.5. The molecule has 4 rings (SSSR count). The van der Waals surface area contributed by atoms with Crippen LogP contribution in [-0.2, 0) is 20.6 Å². The average molecular weight is 352 g/mol. The number of hydrogen-bond acceptors (Lipinski definition) is 4. The summed E-state index contributed by atoms with van der Waals surface area (Å²) >= 11 is 0. The predicted molar refractivity (Wildman–Crippen MR) is 98.0 cm³/mol. The van der Waals surface area contributed by atoms with Crippen LogP contribution < -0.4 is 5.46 Å². The Hall–Kier alpha value is -0.585. The molecular weight excluding hydrogens is 324 g/mol. The van der Waals surface area contributed by atoms with Crippen molar-refractivity contribution in [2.24, 2.45) is 0 Å². The van der Waals surface area contributed by atoms with Crippen LogP contribution >= 0.6 is 12.4 Å². The topological polar surface area (TPSA) is 30.9 Å². The third-order valence-corrected chi connectivity index (χ3v) is 5.90. The molecule has 0 saturated carbocycles. The molecule has 0 aliphatic carbocycles. The van der Waals surface area contributed by atoms with Crippen LogP contribution in [0.1, 0.15) is 39.7 Å². The fourth-order valence-electron chi connectivity index (χ4n) is 3.67. The van der Waals surface area contributed by atoms with Gasteiger partial charge in [0.25, 0.3) is 0 Å². The van der Waals surface area contributed by atoms with Crippen LogP contribution in [0.3, 0.4) is 0 Å². The van der Waals surface area contributed by atoms with Gasteiger partial charge < -0.3 is 14.0 Å². The molecule has 1 aromatic rings. The summed E-state index contributed by atoms with van der Waals surface area (Å²) in [5.74, 6) is 0. The Labute approximate surface area is 151 Å². The van der Waals surface area contributed by atoms with Gasteiger partial charge in [-0.3, -0.25) is 4.90 Å². The second-order valence-electron chi connectivity index (χ2n) is 8.10. The van der Waals surface area contributed by atoms with Gasteiger partial charge in [0.15, 0.2) is 0 Å². The van der Waals surface area contributed by atoms with Crippen molar-refractivity contribution >= 4 is 25.0 Å². The highest BCUT2D eigenvalue weighted by molar-refractivity contribution is 6.62. The summed E-state index contributed by atoms with van der Waals surface area (Å²) < 4.78 is 17.9. The van der Waals surface area contributed by atoms with Gasteiger partial charge in [-0.2, -0.15) is 0 Å². The Kier molecular flexibility index (Phi) is 4.78. The third kappa shape index (κ3) is 3.13. The first-order valence-electron chi connectivity index (χ1n) is 8.64. The molecule has 0 aromatic heterocycles. The van der Waals surface area contributed by atoms with E-state index in [4.69, 9.17) is 14.0 Å². The lowest BCUT2D eigenvalue weighted by Gasteiger charge is -2.32. The van der Waals surface area contributed by atoms with Gasteiger partial charge in [0, 0.05) is 19.1 Å². The van der Waals surface area contributed by atoms with E-state index >= 15 is 0 Å². The smallest absolute Gasteiger partial charge is 0.399 e. The molecule has 24 heavy (non-hydrogen) atoms. The zero-order valence-corrected chi connectivity index (χ0v) is 15.8. The molecule has 1 aromatic carbocycles. The summed E-state index contributed by atoms with van der Waals surface area (Å²) in [4.78, 5) is 2.54. The molecule has 3 fully saturated rings. The van der Waals surface area contributed by atoms with Crippen LogP contribution in [0.2, 0.25) is 0 Å². The van der Waals surface area contributed by atoms with Crippen molar-refractivity contribution in [3.8, 4) is 0 Å². The minimum absolute atomic E-state index is 0. The number of morpholine rings is 1. The van der Waals surface area contributed by atoms with E-state index in [-0.39, 0.29) is 30.7 Å². The van der Waals surface area contributed by atoms with Crippen molar-refractivity contribution in [3.05, 3.63) is 29.8 Å². The highest BCUT2D eigenvalue weighted by Gasteiger charge is 2.51. The Morgan fingerprint density at radius 1 is 1.08 bits per heavy atom. The summed E-state index contributed by atoms with van der Waals surface area (Å²) in [6.45, 7) is 11.3. The van der Waals surface area contributed by atoms with E-state index in [1.807, 2.05) is 0 Å². The van der Waals surface area contributed by atoms with Gasteiger partial charge in [0.1, 0.15) is 0 Å². The Morgan fingerprint density at radius 2 is 1.71 bits per heavy atom. The number of ether oxygens (including phenoxy) is 1. The maximum Gasteiger partial charge on any atom is 0.494 e. The SMILES string of the molecule is CC1(C)OB(c2ccc(CN3CC4CC3CO4)cc2)OC1(C)C.Cl. The Bertz CT molecular complexity index is 576. The lowest BCUT2D eigenvalue weighted by atomic mass is 9.79. The van der Waals surface area contributed by atoms with Crippen LogP contribution in [0, 0.1) is 0 Å². The first-order chi connectivity index (χ1) is 10.8. The molecular formula is C18H27BClNO3. The normalized spacial score (nSPS) is 30.6. The minimum Gasteiger partial charge on any atom is -0.399 e. The molecule has 3 saturated heterocycles.